The molecular weight excluding hydrogens is 198 g/mol. The highest BCUT2D eigenvalue weighted by molar-refractivity contribution is 5.39. The Hall–Kier alpha value is -1.02. The number of benzene rings is 1. The molecule has 1 saturated carbocycles. The van der Waals surface area contributed by atoms with E-state index in [0.717, 1.165) is 24.8 Å². The van der Waals surface area contributed by atoms with E-state index in [4.69, 9.17) is 4.74 Å². The number of hydrogen-bond acceptors (Lipinski definition) is 2. The molecule has 1 aromatic carbocycles. The summed E-state index contributed by atoms with van der Waals surface area (Å²) in [6.45, 7) is 4.19. The van der Waals surface area contributed by atoms with Gasteiger partial charge in [-0.3, -0.25) is 0 Å². The SMILES string of the molecule is CC(NCC1COc2ccccc21)C1CC1. The first-order chi connectivity index (χ1) is 7.84. The fraction of sp³-hybridized carbons (Fsp3) is 0.571. The van der Waals surface area contributed by atoms with Gasteiger partial charge in [0.15, 0.2) is 0 Å². The van der Waals surface area contributed by atoms with E-state index in [1.807, 2.05) is 6.07 Å². The van der Waals surface area contributed by atoms with Crippen LogP contribution in [0.4, 0.5) is 0 Å². The van der Waals surface area contributed by atoms with Gasteiger partial charge in [0, 0.05) is 24.1 Å². The summed E-state index contributed by atoms with van der Waals surface area (Å²) in [4.78, 5) is 0. The van der Waals surface area contributed by atoms with Crippen molar-refractivity contribution in [2.45, 2.75) is 31.7 Å². The number of para-hydroxylation sites is 1. The van der Waals surface area contributed by atoms with Crippen LogP contribution in [-0.4, -0.2) is 19.2 Å². The van der Waals surface area contributed by atoms with E-state index in [1.165, 1.54) is 18.4 Å². The molecule has 3 rings (SSSR count). The summed E-state index contributed by atoms with van der Waals surface area (Å²) in [5.74, 6) is 2.54. The van der Waals surface area contributed by atoms with Crippen molar-refractivity contribution in [2.75, 3.05) is 13.2 Å². The Kier molecular flexibility index (Phi) is 2.60. The van der Waals surface area contributed by atoms with Gasteiger partial charge in [-0.05, 0) is 31.7 Å². The Morgan fingerprint density at radius 2 is 2.19 bits per heavy atom. The molecule has 86 valence electrons. The van der Waals surface area contributed by atoms with E-state index in [0.29, 0.717) is 12.0 Å². The Labute approximate surface area is 97.0 Å². The summed E-state index contributed by atoms with van der Waals surface area (Å²) in [6.07, 6.45) is 2.82. The Balaban J connectivity index is 1.60. The van der Waals surface area contributed by atoms with Crippen LogP contribution in [0.5, 0.6) is 5.75 Å². The van der Waals surface area contributed by atoms with Gasteiger partial charge in [0.05, 0.1) is 6.61 Å². The predicted molar refractivity (Wildman–Crippen MR) is 64.9 cm³/mol. The molecule has 0 amide bonds. The highest BCUT2D eigenvalue weighted by Gasteiger charge is 2.29. The van der Waals surface area contributed by atoms with Crippen molar-refractivity contribution in [3.05, 3.63) is 29.8 Å². The topological polar surface area (TPSA) is 21.3 Å². The highest BCUT2D eigenvalue weighted by atomic mass is 16.5. The van der Waals surface area contributed by atoms with Gasteiger partial charge in [-0.1, -0.05) is 18.2 Å². The molecule has 1 aromatic rings. The molecule has 2 atom stereocenters. The third kappa shape index (κ3) is 1.94. The molecule has 1 aliphatic heterocycles. The summed E-state index contributed by atoms with van der Waals surface area (Å²) in [6, 6.07) is 9.08. The van der Waals surface area contributed by atoms with Crippen LogP contribution in [0.3, 0.4) is 0 Å². The van der Waals surface area contributed by atoms with Gasteiger partial charge in [0.1, 0.15) is 5.75 Å². The van der Waals surface area contributed by atoms with Crippen LogP contribution >= 0.6 is 0 Å². The molecule has 2 nitrogen and oxygen atoms in total. The molecular formula is C14H19NO. The first-order valence-corrected chi connectivity index (χ1v) is 6.29. The van der Waals surface area contributed by atoms with Gasteiger partial charge >= 0.3 is 0 Å². The average Bonchev–Trinajstić information content (AvgIpc) is 3.08. The zero-order valence-corrected chi connectivity index (χ0v) is 9.78. The lowest BCUT2D eigenvalue weighted by Crippen LogP contribution is -2.32. The maximum atomic E-state index is 5.68. The number of ether oxygens (including phenoxy) is 1. The molecule has 2 heteroatoms. The van der Waals surface area contributed by atoms with Gasteiger partial charge in [-0.25, -0.2) is 0 Å². The largest absolute Gasteiger partial charge is 0.493 e. The van der Waals surface area contributed by atoms with Crippen LogP contribution in [-0.2, 0) is 0 Å². The molecule has 1 heterocycles. The monoisotopic (exact) mass is 217 g/mol. The summed E-state index contributed by atoms with van der Waals surface area (Å²) in [5, 5.41) is 3.65. The molecule has 0 bridgehead atoms. The van der Waals surface area contributed by atoms with E-state index in [2.05, 4.69) is 30.4 Å². The first-order valence-electron chi connectivity index (χ1n) is 6.29. The van der Waals surface area contributed by atoms with Crippen molar-refractivity contribution in [3.8, 4) is 5.75 Å². The molecule has 0 saturated heterocycles. The lowest BCUT2D eigenvalue weighted by atomic mass is 10.0. The second-order valence-electron chi connectivity index (χ2n) is 5.08. The maximum Gasteiger partial charge on any atom is 0.122 e. The molecule has 16 heavy (non-hydrogen) atoms. The lowest BCUT2D eigenvalue weighted by molar-refractivity contribution is 0.321. The van der Waals surface area contributed by atoms with Crippen molar-refractivity contribution in [2.24, 2.45) is 5.92 Å². The summed E-state index contributed by atoms with van der Waals surface area (Å²) >= 11 is 0. The Morgan fingerprint density at radius 1 is 1.38 bits per heavy atom. The Bertz CT molecular complexity index is 373. The van der Waals surface area contributed by atoms with Gasteiger partial charge in [-0.2, -0.15) is 0 Å². The van der Waals surface area contributed by atoms with Gasteiger partial charge < -0.3 is 10.1 Å². The van der Waals surface area contributed by atoms with E-state index < -0.39 is 0 Å². The van der Waals surface area contributed by atoms with Crippen LogP contribution in [0.15, 0.2) is 24.3 Å². The van der Waals surface area contributed by atoms with E-state index in [1.54, 1.807) is 0 Å². The number of rotatable bonds is 4. The van der Waals surface area contributed by atoms with Crippen molar-refractivity contribution in [1.82, 2.24) is 5.32 Å². The lowest BCUT2D eigenvalue weighted by Gasteiger charge is -2.16. The van der Waals surface area contributed by atoms with Crippen LogP contribution in [0.1, 0.15) is 31.2 Å². The molecule has 2 unspecified atom stereocenters. The zero-order chi connectivity index (χ0) is 11.0. The third-order valence-electron chi connectivity index (χ3n) is 3.81. The summed E-state index contributed by atoms with van der Waals surface area (Å²) in [5.41, 5.74) is 1.37. The molecule has 0 spiro atoms. The number of fused-ring (bicyclic) bond motifs is 1. The molecule has 0 aromatic heterocycles. The smallest absolute Gasteiger partial charge is 0.122 e. The molecule has 0 radical (unpaired) electrons. The van der Waals surface area contributed by atoms with E-state index >= 15 is 0 Å². The number of nitrogens with one attached hydrogen (secondary N) is 1. The van der Waals surface area contributed by atoms with Crippen molar-refractivity contribution in [1.29, 1.82) is 0 Å². The standard InChI is InChI=1S/C14H19NO/c1-10(11-6-7-11)15-8-12-9-16-14-5-3-2-4-13(12)14/h2-5,10-12,15H,6-9H2,1H3. The summed E-state index contributed by atoms with van der Waals surface area (Å²) in [7, 11) is 0. The number of hydrogen-bond donors (Lipinski definition) is 1. The minimum Gasteiger partial charge on any atom is -0.493 e. The fourth-order valence-corrected chi connectivity index (χ4v) is 2.49. The average molecular weight is 217 g/mol. The first kappa shape index (κ1) is 10.2. The van der Waals surface area contributed by atoms with Crippen molar-refractivity contribution < 1.29 is 4.74 Å². The van der Waals surface area contributed by atoms with Crippen LogP contribution < -0.4 is 10.1 Å². The second-order valence-corrected chi connectivity index (χ2v) is 5.08. The molecule has 1 N–H and O–H groups in total. The minimum absolute atomic E-state index is 0.539. The van der Waals surface area contributed by atoms with Crippen LogP contribution in [0, 0.1) is 5.92 Å². The molecule has 1 aliphatic carbocycles. The van der Waals surface area contributed by atoms with E-state index in [9.17, 15) is 0 Å². The normalized spacial score (nSPS) is 24.9. The van der Waals surface area contributed by atoms with Crippen LogP contribution in [0.2, 0.25) is 0 Å². The molecule has 2 aliphatic rings. The van der Waals surface area contributed by atoms with Gasteiger partial charge in [0.2, 0.25) is 0 Å². The fourth-order valence-electron chi connectivity index (χ4n) is 2.49. The zero-order valence-electron chi connectivity index (χ0n) is 9.78. The van der Waals surface area contributed by atoms with E-state index in [-0.39, 0.29) is 0 Å². The maximum absolute atomic E-state index is 5.68. The highest BCUT2D eigenvalue weighted by Crippen LogP contribution is 2.35. The van der Waals surface area contributed by atoms with Gasteiger partial charge in [0.25, 0.3) is 0 Å². The Morgan fingerprint density at radius 3 is 3.00 bits per heavy atom. The minimum atomic E-state index is 0.539. The van der Waals surface area contributed by atoms with Crippen molar-refractivity contribution >= 4 is 0 Å². The summed E-state index contributed by atoms with van der Waals surface area (Å²) < 4.78 is 5.68. The van der Waals surface area contributed by atoms with Gasteiger partial charge in [-0.15, -0.1) is 0 Å². The van der Waals surface area contributed by atoms with Crippen molar-refractivity contribution in [3.63, 3.8) is 0 Å². The molecule has 1 fully saturated rings. The third-order valence-corrected chi connectivity index (χ3v) is 3.81. The van der Waals surface area contributed by atoms with Crippen LogP contribution in [0.25, 0.3) is 0 Å². The quantitative estimate of drug-likeness (QED) is 0.837. The predicted octanol–water partition coefficient (Wildman–Crippen LogP) is 2.55. The second kappa shape index (κ2) is 4.10.